The molecule has 0 radical (unpaired) electrons. The van der Waals surface area contributed by atoms with Crippen LogP contribution in [0.25, 0.3) is 0 Å². The summed E-state index contributed by atoms with van der Waals surface area (Å²) in [7, 11) is -4.54. The van der Waals surface area contributed by atoms with Crippen LogP contribution in [-0.4, -0.2) is 76.4 Å². The Morgan fingerprint density at radius 1 is 1.17 bits per heavy atom. The third-order valence-corrected chi connectivity index (χ3v) is 7.68. The molecule has 0 aromatic heterocycles. The Morgan fingerprint density at radius 2 is 1.77 bits per heavy atom. The van der Waals surface area contributed by atoms with Gasteiger partial charge in [-0.25, -0.2) is 18.1 Å². The zero-order valence-corrected chi connectivity index (χ0v) is 22.0. The number of halogens is 1. The fraction of sp³-hybridized carbons (Fsp3) is 0.333. The van der Waals surface area contributed by atoms with E-state index in [1.165, 1.54) is 31.2 Å². The molecule has 1 heterocycles. The number of aliphatic imine (C=N–C) groups is 1. The van der Waals surface area contributed by atoms with Gasteiger partial charge in [0.1, 0.15) is 5.71 Å². The van der Waals surface area contributed by atoms with Crippen LogP contribution in [0.2, 0.25) is 5.02 Å². The molecule has 190 valence electrons. The zero-order chi connectivity index (χ0) is 26.0. The van der Waals surface area contributed by atoms with Crippen LogP contribution in [0.4, 0.5) is 5.69 Å². The van der Waals surface area contributed by atoms with E-state index in [2.05, 4.69) is 19.5 Å². The summed E-state index contributed by atoms with van der Waals surface area (Å²) in [6.07, 6.45) is 1.04. The van der Waals surface area contributed by atoms with Crippen LogP contribution >= 0.6 is 11.6 Å². The second-order valence-electron chi connectivity index (χ2n) is 7.89. The fourth-order valence-electron chi connectivity index (χ4n) is 3.39. The van der Waals surface area contributed by atoms with Crippen molar-refractivity contribution in [2.24, 2.45) is 10.1 Å². The highest BCUT2D eigenvalue weighted by molar-refractivity contribution is 7.92. The van der Waals surface area contributed by atoms with Crippen molar-refractivity contribution in [2.75, 3.05) is 38.2 Å². The number of hydrogen-bond donors (Lipinski definition) is 3. The maximum absolute atomic E-state index is 12.6. The summed E-state index contributed by atoms with van der Waals surface area (Å²) in [5, 5.41) is 18.1. The molecule has 0 spiro atoms. The van der Waals surface area contributed by atoms with Gasteiger partial charge >= 0.3 is 10.2 Å². The van der Waals surface area contributed by atoms with Gasteiger partial charge in [-0.3, -0.25) is 9.71 Å². The molecule has 0 amide bonds. The first-order valence-corrected chi connectivity index (χ1v) is 14.1. The Bertz CT molecular complexity index is 1350. The SMILES string of the molecule is CCN(C)S(=O)(=O)NC(=NC)N1CC(O)(c2ccc(NS(C)(=O)=O)cc2)C(c2ccc(Cl)cc2)=N1. The van der Waals surface area contributed by atoms with Gasteiger partial charge in [0.2, 0.25) is 16.0 Å². The molecule has 1 unspecified atom stereocenters. The average Bonchev–Trinajstić information content (AvgIpc) is 3.15. The lowest BCUT2D eigenvalue weighted by Gasteiger charge is -2.27. The minimum Gasteiger partial charge on any atom is -0.377 e. The molecular formula is C21H27ClN6O5S2. The summed E-state index contributed by atoms with van der Waals surface area (Å²) in [5.74, 6) is -0.0805. The maximum atomic E-state index is 12.6. The lowest BCUT2D eigenvalue weighted by Crippen LogP contribution is -2.48. The molecule has 1 aliphatic rings. The average molecular weight is 543 g/mol. The topological polar surface area (TPSA) is 144 Å². The predicted octanol–water partition coefficient (Wildman–Crippen LogP) is 1.39. The molecule has 1 aliphatic heterocycles. The molecule has 35 heavy (non-hydrogen) atoms. The normalized spacial score (nSPS) is 19.1. The molecule has 2 aromatic carbocycles. The van der Waals surface area contributed by atoms with E-state index in [4.69, 9.17) is 11.6 Å². The van der Waals surface area contributed by atoms with E-state index >= 15 is 0 Å². The molecule has 0 aliphatic carbocycles. The van der Waals surface area contributed by atoms with Crippen molar-refractivity contribution in [1.29, 1.82) is 0 Å². The van der Waals surface area contributed by atoms with Gasteiger partial charge in [0.25, 0.3) is 0 Å². The van der Waals surface area contributed by atoms with Gasteiger partial charge in [0.05, 0.1) is 12.8 Å². The van der Waals surface area contributed by atoms with Crippen LogP contribution in [0, 0.1) is 0 Å². The summed E-state index contributed by atoms with van der Waals surface area (Å²) in [5.41, 5.74) is -0.151. The molecule has 3 N–H and O–H groups in total. The van der Waals surface area contributed by atoms with Crippen molar-refractivity contribution in [3.05, 3.63) is 64.7 Å². The number of hydrazone groups is 1. The van der Waals surface area contributed by atoms with Gasteiger partial charge in [-0.2, -0.15) is 17.8 Å². The molecule has 0 saturated heterocycles. The Labute approximate surface area is 210 Å². The smallest absolute Gasteiger partial charge is 0.303 e. The summed E-state index contributed by atoms with van der Waals surface area (Å²) in [6.45, 7) is 1.77. The van der Waals surface area contributed by atoms with Gasteiger partial charge in [-0.15, -0.1) is 0 Å². The van der Waals surface area contributed by atoms with Gasteiger partial charge in [0, 0.05) is 36.9 Å². The number of sulfonamides is 1. The predicted molar refractivity (Wildman–Crippen MR) is 137 cm³/mol. The minimum atomic E-state index is -3.89. The van der Waals surface area contributed by atoms with Gasteiger partial charge < -0.3 is 5.11 Å². The molecule has 1 atom stereocenters. The van der Waals surface area contributed by atoms with E-state index in [-0.39, 0.29) is 24.8 Å². The molecule has 0 bridgehead atoms. The third kappa shape index (κ3) is 6.11. The Hall–Kier alpha value is -2.71. The summed E-state index contributed by atoms with van der Waals surface area (Å²) in [4.78, 5) is 4.04. The van der Waals surface area contributed by atoms with Gasteiger partial charge in [-0.1, -0.05) is 42.8 Å². The van der Waals surface area contributed by atoms with Gasteiger partial charge in [-0.05, 0) is 29.8 Å². The number of rotatable bonds is 7. The molecule has 3 rings (SSSR count). The molecule has 11 nitrogen and oxygen atoms in total. The Morgan fingerprint density at radius 3 is 2.29 bits per heavy atom. The standard InChI is InChI=1S/C21H27ClN6O5S2/c1-5-27(3)35(32,33)26-20(23-2)28-14-21(29,19(24-28)15-6-10-17(22)11-7-15)16-8-12-18(13-9-16)25-34(4,30)31/h6-13,25,29H,5,14H2,1-4H3,(H,23,26). The lowest BCUT2D eigenvalue weighted by molar-refractivity contribution is 0.103. The highest BCUT2D eigenvalue weighted by Gasteiger charge is 2.45. The van der Waals surface area contributed by atoms with Crippen LogP contribution in [0.1, 0.15) is 18.1 Å². The quantitative estimate of drug-likeness (QED) is 0.356. The maximum Gasteiger partial charge on any atom is 0.303 e. The van der Waals surface area contributed by atoms with Crippen molar-refractivity contribution in [2.45, 2.75) is 12.5 Å². The Balaban J connectivity index is 2.04. The number of β-amino-alcohol motifs (C(OH)–C–C–N with tert-alkyl or cyclic N) is 1. The third-order valence-electron chi connectivity index (χ3n) is 5.31. The van der Waals surface area contributed by atoms with E-state index in [0.717, 1.165) is 10.6 Å². The van der Waals surface area contributed by atoms with Crippen LogP contribution in [0.5, 0.6) is 0 Å². The second kappa shape index (κ2) is 10.1. The fourth-order valence-corrected chi connectivity index (χ4v) is 5.00. The van der Waals surface area contributed by atoms with E-state index in [0.29, 0.717) is 21.8 Å². The van der Waals surface area contributed by atoms with Gasteiger partial charge in [0.15, 0.2) is 5.60 Å². The van der Waals surface area contributed by atoms with Crippen LogP contribution in [0.3, 0.4) is 0 Å². The van der Waals surface area contributed by atoms with E-state index in [1.54, 1.807) is 43.3 Å². The highest BCUT2D eigenvalue weighted by Crippen LogP contribution is 2.34. The summed E-state index contributed by atoms with van der Waals surface area (Å²) < 4.78 is 54.1. The molecular weight excluding hydrogens is 516 g/mol. The second-order valence-corrected chi connectivity index (χ2v) is 11.9. The first-order valence-electron chi connectivity index (χ1n) is 10.4. The minimum absolute atomic E-state index is 0.0805. The number of aliphatic hydroxyl groups is 1. The van der Waals surface area contributed by atoms with Crippen LogP contribution < -0.4 is 9.44 Å². The first-order chi connectivity index (χ1) is 16.3. The number of guanidine groups is 1. The van der Waals surface area contributed by atoms with Crippen molar-refractivity contribution in [1.82, 2.24) is 14.0 Å². The zero-order valence-electron chi connectivity index (χ0n) is 19.6. The van der Waals surface area contributed by atoms with Crippen molar-refractivity contribution in [3.63, 3.8) is 0 Å². The van der Waals surface area contributed by atoms with Crippen molar-refractivity contribution < 1.29 is 21.9 Å². The van der Waals surface area contributed by atoms with Crippen LogP contribution in [0.15, 0.2) is 58.6 Å². The number of benzene rings is 2. The monoisotopic (exact) mass is 542 g/mol. The molecule has 2 aromatic rings. The van der Waals surface area contributed by atoms with Crippen molar-refractivity contribution in [3.8, 4) is 0 Å². The first kappa shape index (κ1) is 26.9. The molecule has 14 heteroatoms. The number of nitrogens with one attached hydrogen (secondary N) is 2. The molecule has 0 fully saturated rings. The largest absolute Gasteiger partial charge is 0.377 e. The van der Waals surface area contributed by atoms with E-state index in [1.807, 2.05) is 0 Å². The highest BCUT2D eigenvalue weighted by atomic mass is 35.5. The number of nitrogens with zero attached hydrogens (tertiary/aromatic N) is 4. The van der Waals surface area contributed by atoms with E-state index < -0.39 is 25.8 Å². The lowest BCUT2D eigenvalue weighted by atomic mass is 9.86. The van der Waals surface area contributed by atoms with Crippen LogP contribution in [-0.2, 0) is 25.8 Å². The number of hydrogen-bond acceptors (Lipinski definition) is 7. The Kier molecular flexibility index (Phi) is 7.77. The summed E-state index contributed by atoms with van der Waals surface area (Å²) >= 11 is 6.02. The van der Waals surface area contributed by atoms with Crippen molar-refractivity contribution >= 4 is 49.2 Å². The number of anilines is 1. The summed E-state index contributed by atoms with van der Waals surface area (Å²) in [6, 6.07) is 12.8. The van der Waals surface area contributed by atoms with E-state index in [9.17, 15) is 21.9 Å². The molecule has 0 saturated carbocycles.